The highest BCUT2D eigenvalue weighted by molar-refractivity contribution is 7.89. The number of sulfonamides is 1. The van der Waals surface area contributed by atoms with E-state index in [1.165, 1.54) is 11.3 Å². The van der Waals surface area contributed by atoms with Gasteiger partial charge in [-0.15, -0.1) is 11.3 Å². The topological polar surface area (TPSA) is 92.7 Å². The molecule has 0 amide bonds. The second kappa shape index (κ2) is 7.46. The second-order valence-corrected chi connectivity index (χ2v) is 10.5. The number of H-pyrrole nitrogens is 1. The number of aromatic amines is 1. The van der Waals surface area contributed by atoms with Crippen LogP contribution in [0.3, 0.4) is 0 Å². The zero-order valence-electron chi connectivity index (χ0n) is 16.3. The van der Waals surface area contributed by atoms with E-state index in [-0.39, 0.29) is 6.04 Å². The van der Waals surface area contributed by atoms with Crippen LogP contribution in [-0.2, 0) is 10.0 Å². The van der Waals surface area contributed by atoms with Gasteiger partial charge in [0.25, 0.3) is 0 Å². The highest BCUT2D eigenvalue weighted by Gasteiger charge is 2.28. The lowest BCUT2D eigenvalue weighted by Crippen LogP contribution is -2.38. The maximum absolute atomic E-state index is 13.0. The van der Waals surface area contributed by atoms with E-state index in [1.54, 1.807) is 6.07 Å². The first-order valence-electron chi connectivity index (χ1n) is 9.48. The number of hydrogen-bond donors (Lipinski definition) is 2. The van der Waals surface area contributed by atoms with Gasteiger partial charge in [-0.05, 0) is 64.2 Å². The van der Waals surface area contributed by atoms with Crippen molar-refractivity contribution in [3.05, 3.63) is 40.7 Å². The molecule has 150 valence electrons. The van der Waals surface area contributed by atoms with Crippen molar-refractivity contribution >= 4 is 21.4 Å². The van der Waals surface area contributed by atoms with Crippen LogP contribution in [0, 0.1) is 20.8 Å². The van der Waals surface area contributed by atoms with Gasteiger partial charge in [0.05, 0.1) is 22.0 Å². The van der Waals surface area contributed by atoms with Gasteiger partial charge in [-0.1, -0.05) is 0 Å². The zero-order valence-corrected chi connectivity index (χ0v) is 17.9. The van der Waals surface area contributed by atoms with Crippen LogP contribution in [0.1, 0.15) is 47.9 Å². The Morgan fingerprint density at radius 2 is 1.93 bits per heavy atom. The van der Waals surface area contributed by atoms with Crippen molar-refractivity contribution in [2.75, 3.05) is 0 Å². The Labute approximate surface area is 169 Å². The van der Waals surface area contributed by atoms with Gasteiger partial charge in [0, 0.05) is 22.8 Å². The lowest BCUT2D eigenvalue weighted by atomic mass is 9.92. The van der Waals surface area contributed by atoms with Crippen molar-refractivity contribution in [3.63, 3.8) is 0 Å². The van der Waals surface area contributed by atoms with Crippen molar-refractivity contribution in [1.29, 1.82) is 0 Å². The van der Waals surface area contributed by atoms with Gasteiger partial charge in [-0.3, -0.25) is 9.78 Å². The first-order chi connectivity index (χ1) is 13.3. The third kappa shape index (κ3) is 3.92. The van der Waals surface area contributed by atoms with E-state index in [0.717, 1.165) is 52.4 Å². The molecular formula is C19H25N5O2S2. The number of nitrogens with zero attached hydrogens (tertiary/aromatic N) is 3. The van der Waals surface area contributed by atoms with Gasteiger partial charge in [0.15, 0.2) is 0 Å². The maximum atomic E-state index is 13.0. The minimum atomic E-state index is -3.55. The number of hydrogen-bond acceptors (Lipinski definition) is 5. The molecule has 1 aliphatic carbocycles. The fraction of sp³-hybridized carbons (Fsp3) is 0.474. The fourth-order valence-electron chi connectivity index (χ4n) is 3.78. The quantitative estimate of drug-likeness (QED) is 0.659. The summed E-state index contributed by atoms with van der Waals surface area (Å²) in [7, 11) is -3.55. The minimum Gasteiger partial charge on any atom is -0.282 e. The van der Waals surface area contributed by atoms with E-state index >= 15 is 0 Å². The molecule has 3 aromatic heterocycles. The van der Waals surface area contributed by atoms with Crippen LogP contribution in [-0.4, -0.2) is 34.4 Å². The van der Waals surface area contributed by atoms with Crippen molar-refractivity contribution in [1.82, 2.24) is 24.7 Å². The first-order valence-corrected chi connectivity index (χ1v) is 11.8. The smallest absolute Gasteiger partial charge is 0.241 e. The maximum Gasteiger partial charge on any atom is 0.241 e. The van der Waals surface area contributed by atoms with Crippen LogP contribution < -0.4 is 4.72 Å². The van der Waals surface area contributed by atoms with Gasteiger partial charge < -0.3 is 0 Å². The molecule has 4 rings (SSSR count). The summed E-state index contributed by atoms with van der Waals surface area (Å²) in [5.41, 5.74) is 2.88. The Bertz CT molecular complexity index is 1070. The minimum absolute atomic E-state index is 0.0340. The summed E-state index contributed by atoms with van der Waals surface area (Å²) in [6.07, 6.45) is 7.41. The third-order valence-corrected chi connectivity index (χ3v) is 8.09. The molecule has 0 aromatic carbocycles. The molecular weight excluding hydrogens is 394 g/mol. The molecule has 2 N–H and O–H groups in total. The lowest BCUT2D eigenvalue weighted by molar-refractivity contribution is 0.293. The van der Waals surface area contributed by atoms with Crippen LogP contribution in [0.2, 0.25) is 0 Å². The predicted molar refractivity (Wildman–Crippen MR) is 110 cm³/mol. The molecule has 0 unspecified atom stereocenters. The Balaban J connectivity index is 1.44. The SMILES string of the molecule is Cc1cnn(C2CCC(NS(=O)(=O)c3cc(-c4cc(C)[nH]n4)sc3C)CC2)c1. The van der Waals surface area contributed by atoms with E-state index in [4.69, 9.17) is 0 Å². The average molecular weight is 420 g/mol. The molecule has 1 aliphatic rings. The Hall–Kier alpha value is -1.97. The van der Waals surface area contributed by atoms with E-state index in [1.807, 2.05) is 37.7 Å². The first kappa shape index (κ1) is 19.4. The number of aryl methyl sites for hydroxylation is 3. The summed E-state index contributed by atoms with van der Waals surface area (Å²) in [6.45, 7) is 5.81. The molecule has 28 heavy (non-hydrogen) atoms. The van der Waals surface area contributed by atoms with Crippen molar-refractivity contribution in [2.24, 2.45) is 0 Å². The zero-order chi connectivity index (χ0) is 19.9. The number of thiophene rings is 1. The Morgan fingerprint density at radius 1 is 1.18 bits per heavy atom. The molecule has 0 spiro atoms. The molecule has 7 nitrogen and oxygen atoms in total. The van der Waals surface area contributed by atoms with Gasteiger partial charge in [0.2, 0.25) is 10.0 Å². The molecule has 9 heteroatoms. The average Bonchev–Trinajstić information content (AvgIpc) is 3.35. The second-order valence-electron chi connectivity index (χ2n) is 7.59. The Kier molecular flexibility index (Phi) is 5.15. The molecule has 3 aromatic rings. The summed E-state index contributed by atoms with van der Waals surface area (Å²) >= 11 is 1.46. The molecule has 3 heterocycles. The number of rotatable bonds is 5. The van der Waals surface area contributed by atoms with E-state index < -0.39 is 10.0 Å². The highest BCUT2D eigenvalue weighted by Crippen LogP contribution is 2.34. The van der Waals surface area contributed by atoms with Gasteiger partial charge in [-0.2, -0.15) is 10.2 Å². The van der Waals surface area contributed by atoms with Gasteiger partial charge >= 0.3 is 0 Å². The van der Waals surface area contributed by atoms with Gasteiger partial charge in [-0.25, -0.2) is 13.1 Å². The molecule has 0 radical (unpaired) electrons. The normalized spacial score (nSPS) is 20.5. The lowest BCUT2D eigenvalue weighted by Gasteiger charge is -2.29. The van der Waals surface area contributed by atoms with Crippen molar-refractivity contribution < 1.29 is 8.42 Å². The van der Waals surface area contributed by atoms with Gasteiger partial charge in [0.1, 0.15) is 5.69 Å². The molecule has 1 saturated carbocycles. The largest absolute Gasteiger partial charge is 0.282 e. The highest BCUT2D eigenvalue weighted by atomic mass is 32.2. The molecule has 0 aliphatic heterocycles. The standard InChI is InChI=1S/C19H25N5O2S2/c1-12-10-20-24(11-12)16-6-4-15(5-7-16)23-28(25,26)19-9-18(27-14(19)3)17-8-13(2)21-22-17/h8-11,15-16,23H,4-7H2,1-3H3,(H,21,22). The summed E-state index contributed by atoms with van der Waals surface area (Å²) in [5.74, 6) is 0. The van der Waals surface area contributed by atoms with E-state index in [2.05, 4.69) is 26.2 Å². The molecule has 1 fully saturated rings. The van der Waals surface area contributed by atoms with Crippen LogP contribution in [0.15, 0.2) is 29.4 Å². The Morgan fingerprint density at radius 3 is 2.54 bits per heavy atom. The summed E-state index contributed by atoms with van der Waals surface area (Å²) in [6, 6.07) is 3.98. The molecule has 0 atom stereocenters. The van der Waals surface area contributed by atoms with Crippen LogP contribution in [0.5, 0.6) is 0 Å². The molecule has 0 saturated heterocycles. The molecule has 0 bridgehead atoms. The summed E-state index contributed by atoms with van der Waals surface area (Å²) in [4.78, 5) is 2.00. The monoisotopic (exact) mass is 419 g/mol. The van der Waals surface area contributed by atoms with Crippen molar-refractivity contribution in [2.45, 2.75) is 63.4 Å². The predicted octanol–water partition coefficient (Wildman–Crippen LogP) is 3.72. The van der Waals surface area contributed by atoms with Crippen LogP contribution >= 0.6 is 11.3 Å². The van der Waals surface area contributed by atoms with Crippen LogP contribution in [0.25, 0.3) is 10.6 Å². The van der Waals surface area contributed by atoms with Crippen LogP contribution in [0.4, 0.5) is 0 Å². The summed E-state index contributed by atoms with van der Waals surface area (Å²) < 4.78 is 30.9. The number of nitrogens with one attached hydrogen (secondary N) is 2. The van der Waals surface area contributed by atoms with E-state index in [9.17, 15) is 8.42 Å². The summed E-state index contributed by atoms with van der Waals surface area (Å²) in [5, 5.41) is 11.5. The van der Waals surface area contributed by atoms with E-state index in [0.29, 0.717) is 10.9 Å². The number of aromatic nitrogens is 4. The van der Waals surface area contributed by atoms with Crippen molar-refractivity contribution in [3.8, 4) is 10.6 Å². The third-order valence-electron chi connectivity index (χ3n) is 5.24. The fourth-order valence-corrected chi connectivity index (χ4v) is 6.63.